The van der Waals surface area contributed by atoms with Gasteiger partial charge in [-0.25, -0.2) is 8.42 Å². The fourth-order valence-corrected chi connectivity index (χ4v) is 5.06. The Morgan fingerprint density at radius 2 is 1.85 bits per heavy atom. The van der Waals surface area contributed by atoms with Crippen molar-refractivity contribution >= 4 is 10.0 Å². The van der Waals surface area contributed by atoms with E-state index in [1.807, 2.05) is 32.9 Å². The standard InChI is InChI=1S/C15H23NO3S/c1-11-7-12(2)15(13(3)8-11)20(18,19)16-6-4-5-14(9-16)10-17/h7-8,14,17H,4-6,9-10H2,1-3H3. The minimum atomic E-state index is -3.46. The van der Waals surface area contributed by atoms with E-state index in [1.54, 1.807) is 0 Å². The van der Waals surface area contributed by atoms with Gasteiger partial charge in [0, 0.05) is 19.7 Å². The fourth-order valence-electron chi connectivity index (χ4n) is 3.10. The molecule has 0 spiro atoms. The maximum Gasteiger partial charge on any atom is 0.243 e. The van der Waals surface area contributed by atoms with Crippen molar-refractivity contribution in [2.24, 2.45) is 5.92 Å². The van der Waals surface area contributed by atoms with Crippen LogP contribution in [-0.4, -0.2) is 37.5 Å². The molecule has 2 rings (SSSR count). The molecule has 4 nitrogen and oxygen atoms in total. The van der Waals surface area contributed by atoms with Gasteiger partial charge in [0.25, 0.3) is 0 Å². The minimum absolute atomic E-state index is 0.0535. The largest absolute Gasteiger partial charge is 0.396 e. The highest BCUT2D eigenvalue weighted by Gasteiger charge is 2.31. The zero-order valence-corrected chi connectivity index (χ0v) is 13.2. The van der Waals surface area contributed by atoms with Crippen molar-refractivity contribution in [3.8, 4) is 0 Å². The second kappa shape index (κ2) is 5.84. The SMILES string of the molecule is Cc1cc(C)c(S(=O)(=O)N2CCCC(CO)C2)c(C)c1. The van der Waals surface area contributed by atoms with Gasteiger partial charge in [-0.1, -0.05) is 17.7 Å². The first kappa shape index (κ1) is 15.5. The lowest BCUT2D eigenvalue weighted by Gasteiger charge is -2.31. The number of hydrogen-bond donors (Lipinski definition) is 1. The van der Waals surface area contributed by atoms with Crippen molar-refractivity contribution in [2.45, 2.75) is 38.5 Å². The summed E-state index contributed by atoms with van der Waals surface area (Å²) in [6, 6.07) is 3.82. The summed E-state index contributed by atoms with van der Waals surface area (Å²) < 4.78 is 27.2. The molecule has 0 amide bonds. The molecule has 1 aliphatic rings. The molecule has 1 aliphatic heterocycles. The number of sulfonamides is 1. The number of hydrogen-bond acceptors (Lipinski definition) is 3. The van der Waals surface area contributed by atoms with E-state index in [4.69, 9.17) is 0 Å². The van der Waals surface area contributed by atoms with Crippen molar-refractivity contribution in [2.75, 3.05) is 19.7 Å². The molecule has 5 heteroatoms. The van der Waals surface area contributed by atoms with Gasteiger partial charge in [0.1, 0.15) is 0 Å². The van der Waals surface area contributed by atoms with Gasteiger partial charge in [0.15, 0.2) is 0 Å². The number of aliphatic hydroxyl groups is 1. The van der Waals surface area contributed by atoms with Crippen molar-refractivity contribution in [1.29, 1.82) is 0 Å². The van der Waals surface area contributed by atoms with Crippen molar-refractivity contribution < 1.29 is 13.5 Å². The minimum Gasteiger partial charge on any atom is -0.396 e. The first-order valence-electron chi connectivity index (χ1n) is 7.05. The quantitative estimate of drug-likeness (QED) is 0.928. The molecule has 112 valence electrons. The van der Waals surface area contributed by atoms with Crippen LogP contribution in [0.15, 0.2) is 17.0 Å². The summed E-state index contributed by atoms with van der Waals surface area (Å²) in [4.78, 5) is 0.432. The van der Waals surface area contributed by atoms with Gasteiger partial charge >= 0.3 is 0 Å². The molecular formula is C15H23NO3S. The highest BCUT2D eigenvalue weighted by molar-refractivity contribution is 7.89. The van der Waals surface area contributed by atoms with E-state index in [0.29, 0.717) is 18.0 Å². The molecule has 1 aromatic rings. The number of nitrogens with zero attached hydrogens (tertiary/aromatic N) is 1. The molecule has 1 fully saturated rings. The van der Waals surface area contributed by atoms with Crippen LogP contribution in [0.1, 0.15) is 29.5 Å². The van der Waals surface area contributed by atoms with Crippen molar-refractivity contribution in [3.63, 3.8) is 0 Å². The van der Waals surface area contributed by atoms with Crippen LogP contribution in [0.3, 0.4) is 0 Å². The Bertz CT molecular complexity index is 572. The predicted molar refractivity (Wildman–Crippen MR) is 79.2 cm³/mol. The van der Waals surface area contributed by atoms with E-state index in [9.17, 15) is 13.5 Å². The molecule has 1 unspecified atom stereocenters. The smallest absolute Gasteiger partial charge is 0.243 e. The number of rotatable bonds is 3. The van der Waals surface area contributed by atoms with Crippen LogP contribution in [0.4, 0.5) is 0 Å². The Morgan fingerprint density at radius 1 is 1.25 bits per heavy atom. The van der Waals surface area contributed by atoms with Crippen LogP contribution in [0.25, 0.3) is 0 Å². The summed E-state index contributed by atoms with van der Waals surface area (Å²) in [5, 5.41) is 9.27. The van der Waals surface area contributed by atoms with Crippen LogP contribution in [0.5, 0.6) is 0 Å². The predicted octanol–water partition coefficient (Wildman–Crippen LogP) is 2.00. The van der Waals surface area contributed by atoms with Crippen molar-refractivity contribution in [1.82, 2.24) is 4.31 Å². The van der Waals surface area contributed by atoms with Crippen molar-refractivity contribution in [3.05, 3.63) is 28.8 Å². The van der Waals surface area contributed by atoms with E-state index < -0.39 is 10.0 Å². The Morgan fingerprint density at radius 3 is 2.40 bits per heavy atom. The Hall–Kier alpha value is -0.910. The lowest BCUT2D eigenvalue weighted by atomic mass is 10.0. The number of piperidine rings is 1. The van der Waals surface area contributed by atoms with Gasteiger partial charge in [-0.05, 0) is 50.7 Å². The highest BCUT2D eigenvalue weighted by Crippen LogP contribution is 2.28. The Balaban J connectivity index is 2.40. The molecule has 1 atom stereocenters. The normalized spacial score (nSPS) is 21.1. The summed E-state index contributed by atoms with van der Waals surface area (Å²) in [5.41, 5.74) is 2.67. The lowest BCUT2D eigenvalue weighted by molar-refractivity contribution is 0.165. The molecule has 0 radical (unpaired) electrons. The van der Waals surface area contributed by atoms with E-state index in [0.717, 1.165) is 29.5 Å². The highest BCUT2D eigenvalue weighted by atomic mass is 32.2. The first-order chi connectivity index (χ1) is 9.36. The van der Waals surface area contributed by atoms with Crippen LogP contribution < -0.4 is 0 Å². The average Bonchev–Trinajstić information content (AvgIpc) is 2.37. The van der Waals surface area contributed by atoms with Crippen LogP contribution >= 0.6 is 0 Å². The van der Waals surface area contributed by atoms with Crippen LogP contribution in [0, 0.1) is 26.7 Å². The monoisotopic (exact) mass is 297 g/mol. The number of aryl methyl sites for hydroxylation is 3. The molecule has 20 heavy (non-hydrogen) atoms. The third kappa shape index (κ3) is 2.90. The Labute approximate surface area is 121 Å². The van der Waals surface area contributed by atoms with Gasteiger partial charge in [-0.2, -0.15) is 4.31 Å². The molecule has 0 saturated carbocycles. The maximum atomic E-state index is 12.8. The topological polar surface area (TPSA) is 57.6 Å². The first-order valence-corrected chi connectivity index (χ1v) is 8.49. The summed E-state index contributed by atoms with van der Waals surface area (Å²) in [5.74, 6) is 0.0598. The Kier molecular flexibility index (Phi) is 4.52. The fraction of sp³-hybridized carbons (Fsp3) is 0.600. The summed E-state index contributed by atoms with van der Waals surface area (Å²) in [6.07, 6.45) is 1.71. The van der Waals surface area contributed by atoms with Crippen LogP contribution in [0.2, 0.25) is 0 Å². The van der Waals surface area contributed by atoms with Gasteiger partial charge in [0.05, 0.1) is 4.90 Å². The number of benzene rings is 1. The molecule has 1 N–H and O–H groups in total. The zero-order valence-electron chi connectivity index (χ0n) is 12.4. The lowest BCUT2D eigenvalue weighted by Crippen LogP contribution is -2.41. The second-order valence-corrected chi connectivity index (χ2v) is 7.66. The third-order valence-corrected chi connectivity index (χ3v) is 6.11. The average molecular weight is 297 g/mol. The summed E-state index contributed by atoms with van der Waals surface area (Å²) >= 11 is 0. The molecule has 1 heterocycles. The number of aliphatic hydroxyl groups excluding tert-OH is 1. The summed E-state index contributed by atoms with van der Waals surface area (Å²) in [6.45, 7) is 6.69. The molecule has 1 saturated heterocycles. The van der Waals surface area contributed by atoms with E-state index in [1.165, 1.54) is 4.31 Å². The molecular weight excluding hydrogens is 274 g/mol. The van der Waals surface area contributed by atoms with E-state index in [-0.39, 0.29) is 12.5 Å². The molecule has 1 aromatic carbocycles. The van der Waals surface area contributed by atoms with Crippen LogP contribution in [-0.2, 0) is 10.0 Å². The van der Waals surface area contributed by atoms with Gasteiger partial charge in [0.2, 0.25) is 10.0 Å². The molecule has 0 aliphatic carbocycles. The maximum absolute atomic E-state index is 12.8. The summed E-state index contributed by atoms with van der Waals surface area (Å²) in [7, 11) is -3.46. The third-order valence-electron chi connectivity index (χ3n) is 3.94. The van der Waals surface area contributed by atoms with Gasteiger partial charge in [-0.3, -0.25) is 0 Å². The van der Waals surface area contributed by atoms with Gasteiger partial charge in [-0.15, -0.1) is 0 Å². The molecule has 0 aromatic heterocycles. The van der Waals surface area contributed by atoms with Gasteiger partial charge < -0.3 is 5.11 Å². The van der Waals surface area contributed by atoms with E-state index >= 15 is 0 Å². The van der Waals surface area contributed by atoms with E-state index in [2.05, 4.69) is 0 Å². The zero-order chi connectivity index (χ0) is 14.9. The second-order valence-electron chi connectivity index (χ2n) is 5.78. The molecule has 0 bridgehead atoms.